The van der Waals surface area contributed by atoms with Crippen molar-refractivity contribution >= 4 is 0 Å². The number of rotatable bonds is 7. The van der Waals surface area contributed by atoms with Crippen molar-refractivity contribution in [2.75, 3.05) is 0 Å². The van der Waals surface area contributed by atoms with Crippen LogP contribution in [-0.2, 0) is 9.47 Å². The quantitative estimate of drug-likeness (QED) is 0.437. The molecule has 4 rings (SSSR count). The highest BCUT2D eigenvalue weighted by atomic mass is 16.6. The Bertz CT molecular complexity index is 616. The van der Waals surface area contributed by atoms with Crippen LogP contribution < -0.4 is 0 Å². The van der Waals surface area contributed by atoms with Gasteiger partial charge in [-0.1, -0.05) is 52.4 Å². The molecule has 0 aromatic carbocycles. The third kappa shape index (κ3) is 6.18. The van der Waals surface area contributed by atoms with Gasteiger partial charge in [-0.05, 0) is 63.2 Å². The van der Waals surface area contributed by atoms with Crippen LogP contribution in [0.4, 0.5) is 0 Å². The SMILES string of the molecule is CC1CCCC(O[C](C2CCCC(C)C2O)C(OC2CCCCC2O)C2CCCCC2O)C1O. The monoisotopic (exact) mass is 481 g/mol. The predicted octanol–water partition coefficient (Wildman–Crippen LogP) is 4.12. The van der Waals surface area contributed by atoms with E-state index in [0.29, 0.717) is 0 Å². The number of hydrogen-bond acceptors (Lipinski definition) is 6. The molecule has 4 fully saturated rings. The van der Waals surface area contributed by atoms with Crippen molar-refractivity contribution in [2.24, 2.45) is 23.7 Å². The molecule has 0 aromatic rings. The fraction of sp³-hybridized carbons (Fsp3) is 0.964. The molecule has 4 saturated carbocycles. The lowest BCUT2D eigenvalue weighted by atomic mass is 9.71. The van der Waals surface area contributed by atoms with E-state index in [1.54, 1.807) is 0 Å². The summed E-state index contributed by atoms with van der Waals surface area (Å²) in [6.07, 6.45) is 10.5. The standard InChI is InChI=1S/C28H49O6/c1-17-9-7-12-20(25(17)31)28(34-24-16-8-10-18(2)26(24)32)27(19-11-3-4-13-21(19)29)33-23-15-6-5-14-22(23)30/h17-27,29-32H,3-16H2,1-2H3. The first-order valence-corrected chi connectivity index (χ1v) is 14.3. The van der Waals surface area contributed by atoms with Gasteiger partial charge in [0.25, 0.3) is 0 Å². The zero-order valence-electron chi connectivity index (χ0n) is 21.4. The molecule has 0 aromatic heterocycles. The fourth-order valence-corrected chi connectivity index (χ4v) is 7.02. The maximum atomic E-state index is 11.3. The van der Waals surface area contributed by atoms with Crippen molar-refractivity contribution in [3.63, 3.8) is 0 Å². The molecule has 4 aliphatic carbocycles. The van der Waals surface area contributed by atoms with E-state index in [9.17, 15) is 20.4 Å². The maximum Gasteiger partial charge on any atom is 0.132 e. The zero-order chi connectivity index (χ0) is 24.2. The summed E-state index contributed by atoms with van der Waals surface area (Å²) in [4.78, 5) is 0. The molecular weight excluding hydrogens is 432 g/mol. The van der Waals surface area contributed by atoms with Crippen LogP contribution in [0.1, 0.15) is 104 Å². The Morgan fingerprint density at radius 3 is 1.91 bits per heavy atom. The Morgan fingerprint density at radius 2 is 1.21 bits per heavy atom. The van der Waals surface area contributed by atoms with Crippen LogP contribution in [0.3, 0.4) is 0 Å². The van der Waals surface area contributed by atoms with E-state index in [1.807, 2.05) is 0 Å². The van der Waals surface area contributed by atoms with Crippen LogP contribution in [-0.4, -0.2) is 63.2 Å². The molecule has 0 saturated heterocycles. The molecule has 6 heteroatoms. The molecule has 0 aliphatic heterocycles. The van der Waals surface area contributed by atoms with E-state index in [0.717, 1.165) is 96.0 Å². The lowest BCUT2D eigenvalue weighted by molar-refractivity contribution is -0.186. The zero-order valence-corrected chi connectivity index (χ0v) is 21.4. The molecule has 11 unspecified atom stereocenters. The van der Waals surface area contributed by atoms with Gasteiger partial charge in [0.15, 0.2) is 0 Å². The van der Waals surface area contributed by atoms with Crippen molar-refractivity contribution < 1.29 is 29.9 Å². The minimum atomic E-state index is -0.542. The molecule has 11 atom stereocenters. The highest BCUT2D eigenvalue weighted by Crippen LogP contribution is 2.45. The number of aliphatic hydroxyl groups is 4. The average Bonchev–Trinajstić information content (AvgIpc) is 2.82. The van der Waals surface area contributed by atoms with Crippen LogP contribution in [0.5, 0.6) is 0 Å². The first-order valence-electron chi connectivity index (χ1n) is 14.3. The van der Waals surface area contributed by atoms with Crippen LogP contribution >= 0.6 is 0 Å². The van der Waals surface area contributed by atoms with Crippen molar-refractivity contribution in [1.29, 1.82) is 0 Å². The lowest BCUT2D eigenvalue weighted by Crippen LogP contribution is -2.52. The second kappa shape index (κ2) is 12.3. The van der Waals surface area contributed by atoms with Crippen molar-refractivity contribution in [3.05, 3.63) is 6.10 Å². The summed E-state index contributed by atoms with van der Waals surface area (Å²) in [5.74, 6) is 0.0632. The predicted molar refractivity (Wildman–Crippen MR) is 131 cm³/mol. The fourth-order valence-electron chi connectivity index (χ4n) is 7.02. The van der Waals surface area contributed by atoms with Crippen molar-refractivity contribution in [3.8, 4) is 0 Å². The molecule has 1 radical (unpaired) electrons. The van der Waals surface area contributed by atoms with Crippen LogP contribution in [0.2, 0.25) is 0 Å². The van der Waals surface area contributed by atoms with Gasteiger partial charge < -0.3 is 29.9 Å². The van der Waals surface area contributed by atoms with Gasteiger partial charge in [-0.3, -0.25) is 0 Å². The van der Waals surface area contributed by atoms with Gasteiger partial charge in [-0.2, -0.15) is 0 Å². The second-order valence-corrected chi connectivity index (χ2v) is 11.9. The molecule has 6 nitrogen and oxygen atoms in total. The van der Waals surface area contributed by atoms with Gasteiger partial charge >= 0.3 is 0 Å². The van der Waals surface area contributed by atoms with Gasteiger partial charge in [0.1, 0.15) is 6.10 Å². The molecule has 0 heterocycles. The summed E-state index contributed by atoms with van der Waals surface area (Å²) >= 11 is 0. The van der Waals surface area contributed by atoms with Gasteiger partial charge in [0.2, 0.25) is 0 Å². The summed E-state index contributed by atoms with van der Waals surface area (Å²) in [5, 5.41) is 44.1. The number of ether oxygens (including phenoxy) is 2. The third-order valence-electron chi connectivity index (χ3n) is 9.37. The largest absolute Gasteiger partial charge is 0.393 e. The number of hydrogen-bond donors (Lipinski definition) is 4. The Kier molecular flexibility index (Phi) is 9.73. The highest BCUT2D eigenvalue weighted by molar-refractivity contribution is 5.07. The van der Waals surface area contributed by atoms with E-state index < -0.39 is 30.5 Å². The van der Waals surface area contributed by atoms with E-state index >= 15 is 0 Å². The normalized spacial score (nSPS) is 45.3. The topological polar surface area (TPSA) is 99.4 Å². The minimum absolute atomic E-state index is 0.111. The van der Waals surface area contributed by atoms with E-state index in [1.165, 1.54) is 0 Å². The van der Waals surface area contributed by atoms with Gasteiger partial charge in [0, 0.05) is 11.8 Å². The molecule has 0 amide bonds. The van der Waals surface area contributed by atoms with Gasteiger partial charge in [0.05, 0.1) is 42.7 Å². The van der Waals surface area contributed by atoms with E-state index in [-0.39, 0.29) is 35.9 Å². The van der Waals surface area contributed by atoms with Gasteiger partial charge in [-0.15, -0.1) is 0 Å². The molecule has 0 bridgehead atoms. The van der Waals surface area contributed by atoms with Crippen LogP contribution in [0.25, 0.3) is 0 Å². The summed E-state index contributed by atoms with van der Waals surface area (Å²) in [5.41, 5.74) is 0. The summed E-state index contributed by atoms with van der Waals surface area (Å²) in [7, 11) is 0. The number of aliphatic hydroxyl groups excluding tert-OH is 4. The van der Waals surface area contributed by atoms with E-state index in [4.69, 9.17) is 9.47 Å². The maximum absolute atomic E-state index is 11.3. The Balaban J connectivity index is 1.65. The Labute approximate surface area is 206 Å². The highest BCUT2D eigenvalue weighted by Gasteiger charge is 2.48. The van der Waals surface area contributed by atoms with Crippen LogP contribution in [0.15, 0.2) is 0 Å². The molecule has 34 heavy (non-hydrogen) atoms. The first-order chi connectivity index (χ1) is 16.4. The summed E-state index contributed by atoms with van der Waals surface area (Å²) in [6, 6.07) is 0. The van der Waals surface area contributed by atoms with Crippen molar-refractivity contribution in [2.45, 2.75) is 146 Å². The van der Waals surface area contributed by atoms with Gasteiger partial charge in [-0.25, -0.2) is 0 Å². The lowest BCUT2D eigenvalue weighted by Gasteiger charge is -2.47. The average molecular weight is 482 g/mol. The van der Waals surface area contributed by atoms with Crippen LogP contribution in [0, 0.1) is 29.8 Å². The first kappa shape index (κ1) is 26.8. The van der Waals surface area contributed by atoms with E-state index in [2.05, 4.69) is 13.8 Å². The molecule has 0 spiro atoms. The summed E-state index contributed by atoms with van der Waals surface area (Å²) < 4.78 is 13.5. The molecule has 197 valence electrons. The third-order valence-corrected chi connectivity index (χ3v) is 9.37. The smallest absolute Gasteiger partial charge is 0.132 e. The minimum Gasteiger partial charge on any atom is -0.393 e. The molecule has 4 N–H and O–H groups in total. The second-order valence-electron chi connectivity index (χ2n) is 11.9. The van der Waals surface area contributed by atoms with Crippen molar-refractivity contribution in [1.82, 2.24) is 0 Å². The Morgan fingerprint density at radius 1 is 0.618 bits per heavy atom. The molecule has 4 aliphatic rings. The molecular formula is C28H49O6. The Hall–Kier alpha value is -0.240. The summed E-state index contributed by atoms with van der Waals surface area (Å²) in [6.45, 7) is 4.18.